The second kappa shape index (κ2) is 9.01. The van der Waals surface area contributed by atoms with E-state index < -0.39 is 0 Å². The summed E-state index contributed by atoms with van der Waals surface area (Å²) in [6.07, 6.45) is 1.83. The summed E-state index contributed by atoms with van der Waals surface area (Å²) >= 11 is 0. The van der Waals surface area contributed by atoms with E-state index in [0.29, 0.717) is 12.6 Å². The van der Waals surface area contributed by atoms with Crippen molar-refractivity contribution in [1.29, 1.82) is 0 Å². The van der Waals surface area contributed by atoms with Gasteiger partial charge in [0.15, 0.2) is 0 Å². The Morgan fingerprint density at radius 3 is 2.95 bits per heavy atom. The summed E-state index contributed by atoms with van der Waals surface area (Å²) in [4.78, 5) is 12.4. The molecule has 1 aliphatic heterocycles. The Balaban J connectivity index is 0.00000242. The van der Waals surface area contributed by atoms with Gasteiger partial charge in [-0.05, 0) is 57.9 Å². The van der Waals surface area contributed by atoms with Crippen molar-refractivity contribution in [2.45, 2.75) is 45.7 Å². The van der Waals surface area contributed by atoms with Gasteiger partial charge in [0.1, 0.15) is 5.75 Å². The summed E-state index contributed by atoms with van der Waals surface area (Å²) in [5.41, 5.74) is 1.08. The topological polar surface area (TPSA) is 50.4 Å². The molecule has 1 amide bonds. The lowest BCUT2D eigenvalue weighted by molar-refractivity contribution is -0.126. The number of amides is 1. The maximum Gasteiger partial charge on any atom is 0.223 e. The number of benzene rings is 1. The first-order valence-electron chi connectivity index (χ1n) is 7.86. The molecule has 0 radical (unpaired) electrons. The lowest BCUT2D eigenvalue weighted by Crippen LogP contribution is -2.42. The standard InChI is InChI=1S/C17H26N2O2.ClH/c1-4-21-16-7-5-6-14(11-16)13(3)19-17(20)15-8-9-18-12(2)10-15;/h5-7,11-13,15,18H,4,8-10H2,1-3H3,(H,19,20);1H/t12-,13?,15-;/m0./s1. The molecule has 1 saturated heterocycles. The minimum atomic E-state index is 0. The number of hydrogen-bond donors (Lipinski definition) is 2. The highest BCUT2D eigenvalue weighted by Crippen LogP contribution is 2.21. The molecule has 1 aliphatic rings. The Bertz CT molecular complexity index is 481. The predicted molar refractivity (Wildman–Crippen MR) is 91.6 cm³/mol. The van der Waals surface area contributed by atoms with Crippen molar-refractivity contribution < 1.29 is 9.53 Å². The van der Waals surface area contributed by atoms with Crippen LogP contribution in [0.25, 0.3) is 0 Å². The van der Waals surface area contributed by atoms with Gasteiger partial charge in [-0.2, -0.15) is 0 Å². The molecule has 0 aliphatic carbocycles. The zero-order valence-electron chi connectivity index (χ0n) is 13.6. The Labute approximate surface area is 139 Å². The fourth-order valence-corrected chi connectivity index (χ4v) is 2.82. The first-order valence-corrected chi connectivity index (χ1v) is 7.86. The molecule has 5 heteroatoms. The Morgan fingerprint density at radius 2 is 2.27 bits per heavy atom. The zero-order chi connectivity index (χ0) is 15.2. The SMILES string of the molecule is CCOc1cccc(C(C)NC(=O)[C@H]2CCN[C@@H](C)C2)c1.Cl. The molecular weight excluding hydrogens is 300 g/mol. The van der Waals surface area contributed by atoms with E-state index in [9.17, 15) is 4.79 Å². The van der Waals surface area contributed by atoms with Gasteiger partial charge in [0.2, 0.25) is 5.91 Å². The summed E-state index contributed by atoms with van der Waals surface area (Å²) in [5.74, 6) is 1.14. The van der Waals surface area contributed by atoms with Gasteiger partial charge in [-0.25, -0.2) is 0 Å². The van der Waals surface area contributed by atoms with E-state index in [1.807, 2.05) is 38.1 Å². The lowest BCUT2D eigenvalue weighted by Gasteiger charge is -2.28. The fraction of sp³-hybridized carbons (Fsp3) is 0.588. The largest absolute Gasteiger partial charge is 0.494 e. The zero-order valence-corrected chi connectivity index (χ0v) is 14.4. The molecule has 1 unspecified atom stereocenters. The van der Waals surface area contributed by atoms with Crippen LogP contribution in [0.2, 0.25) is 0 Å². The van der Waals surface area contributed by atoms with Gasteiger partial charge in [0.05, 0.1) is 12.6 Å². The number of hydrogen-bond acceptors (Lipinski definition) is 3. The highest BCUT2D eigenvalue weighted by Gasteiger charge is 2.25. The Kier molecular flexibility index (Phi) is 7.69. The molecule has 4 nitrogen and oxygen atoms in total. The highest BCUT2D eigenvalue weighted by atomic mass is 35.5. The van der Waals surface area contributed by atoms with Gasteiger partial charge in [-0.3, -0.25) is 4.79 Å². The van der Waals surface area contributed by atoms with Crippen molar-refractivity contribution in [1.82, 2.24) is 10.6 Å². The van der Waals surface area contributed by atoms with Gasteiger partial charge >= 0.3 is 0 Å². The Hall–Kier alpha value is -1.26. The van der Waals surface area contributed by atoms with Crippen LogP contribution in [0.1, 0.15) is 45.2 Å². The second-order valence-corrected chi connectivity index (χ2v) is 5.81. The van der Waals surface area contributed by atoms with Crippen LogP contribution in [0.4, 0.5) is 0 Å². The molecular formula is C17H27ClN2O2. The minimum Gasteiger partial charge on any atom is -0.494 e. The van der Waals surface area contributed by atoms with Gasteiger partial charge in [-0.15, -0.1) is 12.4 Å². The van der Waals surface area contributed by atoms with Crippen molar-refractivity contribution in [3.05, 3.63) is 29.8 Å². The maximum atomic E-state index is 12.4. The van der Waals surface area contributed by atoms with Crippen LogP contribution in [0.3, 0.4) is 0 Å². The van der Waals surface area contributed by atoms with Crippen molar-refractivity contribution in [3.63, 3.8) is 0 Å². The summed E-state index contributed by atoms with van der Waals surface area (Å²) < 4.78 is 5.51. The van der Waals surface area contributed by atoms with Gasteiger partial charge in [-0.1, -0.05) is 12.1 Å². The van der Waals surface area contributed by atoms with Crippen LogP contribution in [-0.2, 0) is 4.79 Å². The van der Waals surface area contributed by atoms with E-state index >= 15 is 0 Å². The highest BCUT2D eigenvalue weighted by molar-refractivity contribution is 5.85. The van der Waals surface area contributed by atoms with Crippen LogP contribution in [0, 0.1) is 5.92 Å². The van der Waals surface area contributed by atoms with Gasteiger partial charge in [0.25, 0.3) is 0 Å². The average molecular weight is 327 g/mol. The number of piperidine rings is 1. The van der Waals surface area contributed by atoms with Gasteiger partial charge < -0.3 is 15.4 Å². The molecule has 2 N–H and O–H groups in total. The summed E-state index contributed by atoms with van der Waals surface area (Å²) in [7, 11) is 0. The molecule has 1 aromatic rings. The van der Waals surface area contributed by atoms with Gasteiger partial charge in [0, 0.05) is 12.0 Å². The van der Waals surface area contributed by atoms with E-state index in [4.69, 9.17) is 4.74 Å². The van der Waals surface area contributed by atoms with Crippen LogP contribution in [-0.4, -0.2) is 25.1 Å². The van der Waals surface area contributed by atoms with Crippen molar-refractivity contribution in [2.24, 2.45) is 5.92 Å². The molecule has 1 aromatic carbocycles. The van der Waals surface area contributed by atoms with E-state index in [-0.39, 0.29) is 30.3 Å². The number of carbonyl (C=O) groups excluding carboxylic acids is 1. The van der Waals surface area contributed by atoms with Crippen LogP contribution < -0.4 is 15.4 Å². The predicted octanol–water partition coefficient (Wildman–Crippen LogP) is 3.07. The van der Waals surface area contributed by atoms with Crippen molar-refractivity contribution in [3.8, 4) is 5.75 Å². The molecule has 0 spiro atoms. The molecule has 2 rings (SSSR count). The first-order chi connectivity index (χ1) is 10.1. The quantitative estimate of drug-likeness (QED) is 0.874. The molecule has 22 heavy (non-hydrogen) atoms. The van der Waals surface area contributed by atoms with Crippen molar-refractivity contribution >= 4 is 18.3 Å². The fourth-order valence-electron chi connectivity index (χ4n) is 2.82. The number of halogens is 1. The third kappa shape index (κ3) is 5.18. The third-order valence-electron chi connectivity index (χ3n) is 4.02. The summed E-state index contributed by atoms with van der Waals surface area (Å²) in [6.45, 7) is 7.70. The van der Waals surface area contributed by atoms with E-state index in [1.54, 1.807) is 0 Å². The van der Waals surface area contributed by atoms with E-state index in [0.717, 1.165) is 30.7 Å². The van der Waals surface area contributed by atoms with E-state index in [2.05, 4.69) is 17.6 Å². The molecule has 1 heterocycles. The normalized spacial score (nSPS) is 22.3. The molecule has 3 atom stereocenters. The molecule has 0 saturated carbocycles. The van der Waals surface area contributed by atoms with E-state index in [1.165, 1.54) is 0 Å². The smallest absolute Gasteiger partial charge is 0.223 e. The number of ether oxygens (including phenoxy) is 1. The first kappa shape index (κ1) is 18.8. The van der Waals surface area contributed by atoms with Crippen molar-refractivity contribution in [2.75, 3.05) is 13.2 Å². The van der Waals surface area contributed by atoms with Crippen LogP contribution in [0.15, 0.2) is 24.3 Å². The average Bonchev–Trinajstić information content (AvgIpc) is 2.48. The van der Waals surface area contributed by atoms with Crippen LogP contribution in [0.5, 0.6) is 5.75 Å². The van der Waals surface area contributed by atoms with Crippen LogP contribution >= 0.6 is 12.4 Å². The molecule has 0 aromatic heterocycles. The monoisotopic (exact) mass is 326 g/mol. The number of carbonyl (C=O) groups is 1. The summed E-state index contributed by atoms with van der Waals surface area (Å²) in [5, 5.41) is 6.51. The molecule has 0 bridgehead atoms. The third-order valence-corrected chi connectivity index (χ3v) is 4.02. The maximum absolute atomic E-state index is 12.4. The minimum absolute atomic E-state index is 0. The molecule has 1 fully saturated rings. The molecule has 124 valence electrons. The number of rotatable bonds is 5. The lowest BCUT2D eigenvalue weighted by atomic mass is 9.92. The second-order valence-electron chi connectivity index (χ2n) is 5.81. The number of nitrogens with one attached hydrogen (secondary N) is 2. The Morgan fingerprint density at radius 1 is 1.50 bits per heavy atom. The summed E-state index contributed by atoms with van der Waals surface area (Å²) in [6, 6.07) is 8.36.